The van der Waals surface area contributed by atoms with Gasteiger partial charge in [0.2, 0.25) is 0 Å². The minimum absolute atomic E-state index is 0.436. The van der Waals surface area contributed by atoms with Gasteiger partial charge in [-0.3, -0.25) is 0 Å². The standard InChI is InChI=1S/C9H11NS/c10-7-2-3-8-6(5-7)1-4-9(8)11/h2-3,5,9,11H,1,4,10H2. The second-order valence-corrected chi connectivity index (χ2v) is 3.64. The van der Waals surface area contributed by atoms with Gasteiger partial charge in [0.1, 0.15) is 0 Å². The molecule has 1 aliphatic carbocycles. The number of nitrogen functional groups attached to an aromatic ring is 1. The van der Waals surface area contributed by atoms with Crippen LogP contribution in [0.1, 0.15) is 22.8 Å². The zero-order valence-corrected chi connectivity index (χ0v) is 7.14. The second kappa shape index (κ2) is 2.45. The maximum absolute atomic E-state index is 5.65. The molecule has 0 spiro atoms. The van der Waals surface area contributed by atoms with E-state index < -0.39 is 0 Å². The molecular formula is C9H11NS. The van der Waals surface area contributed by atoms with E-state index in [1.165, 1.54) is 11.1 Å². The van der Waals surface area contributed by atoms with Gasteiger partial charge in [0, 0.05) is 10.9 Å². The van der Waals surface area contributed by atoms with E-state index in [4.69, 9.17) is 5.73 Å². The van der Waals surface area contributed by atoms with Gasteiger partial charge in [-0.1, -0.05) is 6.07 Å². The number of rotatable bonds is 0. The summed E-state index contributed by atoms with van der Waals surface area (Å²) in [6, 6.07) is 6.11. The summed E-state index contributed by atoms with van der Waals surface area (Å²) in [4.78, 5) is 0. The Morgan fingerprint density at radius 3 is 3.09 bits per heavy atom. The topological polar surface area (TPSA) is 26.0 Å². The highest BCUT2D eigenvalue weighted by Gasteiger charge is 2.18. The predicted molar refractivity (Wildman–Crippen MR) is 50.9 cm³/mol. The van der Waals surface area contributed by atoms with Gasteiger partial charge < -0.3 is 5.73 Å². The van der Waals surface area contributed by atoms with Crippen LogP contribution < -0.4 is 5.73 Å². The van der Waals surface area contributed by atoms with Crippen LogP contribution in [0.2, 0.25) is 0 Å². The Morgan fingerprint density at radius 1 is 1.45 bits per heavy atom. The molecule has 0 radical (unpaired) electrons. The quantitative estimate of drug-likeness (QED) is 0.447. The molecule has 2 rings (SSSR count). The van der Waals surface area contributed by atoms with Gasteiger partial charge in [0.15, 0.2) is 0 Å². The normalized spacial score (nSPS) is 21.7. The summed E-state index contributed by atoms with van der Waals surface area (Å²) in [5.74, 6) is 0. The maximum Gasteiger partial charge on any atom is 0.0316 e. The molecular weight excluding hydrogens is 154 g/mol. The average molecular weight is 165 g/mol. The van der Waals surface area contributed by atoms with Crippen molar-refractivity contribution in [3.05, 3.63) is 29.3 Å². The van der Waals surface area contributed by atoms with E-state index in [-0.39, 0.29) is 0 Å². The molecule has 1 aliphatic rings. The van der Waals surface area contributed by atoms with E-state index in [9.17, 15) is 0 Å². The molecule has 0 saturated carbocycles. The van der Waals surface area contributed by atoms with Crippen molar-refractivity contribution in [3.8, 4) is 0 Å². The fourth-order valence-electron chi connectivity index (χ4n) is 1.61. The summed E-state index contributed by atoms with van der Waals surface area (Å²) in [6.45, 7) is 0. The van der Waals surface area contributed by atoms with Crippen molar-refractivity contribution in [2.24, 2.45) is 0 Å². The summed E-state index contributed by atoms with van der Waals surface area (Å²) < 4.78 is 0. The molecule has 0 fully saturated rings. The smallest absolute Gasteiger partial charge is 0.0316 e. The fraction of sp³-hybridized carbons (Fsp3) is 0.333. The Balaban J connectivity index is 2.50. The van der Waals surface area contributed by atoms with Gasteiger partial charge in [0.25, 0.3) is 0 Å². The predicted octanol–water partition coefficient (Wildman–Crippen LogP) is 2.19. The third kappa shape index (κ3) is 1.11. The number of thiol groups is 1. The number of anilines is 1. The molecule has 2 heteroatoms. The minimum Gasteiger partial charge on any atom is -0.399 e. The molecule has 0 amide bonds. The first-order valence-corrected chi connectivity index (χ1v) is 4.35. The molecule has 1 aromatic rings. The molecule has 0 aromatic heterocycles. The lowest BCUT2D eigenvalue weighted by Gasteiger charge is -2.02. The molecule has 1 atom stereocenters. The third-order valence-electron chi connectivity index (χ3n) is 2.21. The van der Waals surface area contributed by atoms with Crippen LogP contribution in [0.15, 0.2) is 18.2 Å². The van der Waals surface area contributed by atoms with Crippen molar-refractivity contribution in [1.82, 2.24) is 0 Å². The maximum atomic E-state index is 5.65. The van der Waals surface area contributed by atoms with E-state index in [2.05, 4.69) is 24.8 Å². The van der Waals surface area contributed by atoms with Gasteiger partial charge in [-0.25, -0.2) is 0 Å². The molecule has 0 bridgehead atoms. The summed E-state index contributed by atoms with van der Waals surface area (Å²) >= 11 is 4.47. The van der Waals surface area contributed by atoms with Crippen molar-refractivity contribution in [3.63, 3.8) is 0 Å². The van der Waals surface area contributed by atoms with Gasteiger partial charge in [-0.15, -0.1) is 0 Å². The van der Waals surface area contributed by atoms with Crippen molar-refractivity contribution in [2.75, 3.05) is 5.73 Å². The number of nitrogens with two attached hydrogens (primary N) is 1. The molecule has 1 unspecified atom stereocenters. The number of benzene rings is 1. The van der Waals surface area contributed by atoms with E-state index in [0.717, 1.165) is 18.5 Å². The molecule has 1 nitrogen and oxygen atoms in total. The molecule has 58 valence electrons. The Morgan fingerprint density at radius 2 is 2.27 bits per heavy atom. The van der Waals surface area contributed by atoms with E-state index >= 15 is 0 Å². The highest BCUT2D eigenvalue weighted by atomic mass is 32.1. The van der Waals surface area contributed by atoms with Crippen LogP contribution in [-0.2, 0) is 6.42 Å². The first-order valence-electron chi connectivity index (χ1n) is 3.84. The Labute approximate surface area is 72.0 Å². The lowest BCUT2D eigenvalue weighted by molar-refractivity contribution is 0.897. The van der Waals surface area contributed by atoms with Crippen molar-refractivity contribution in [2.45, 2.75) is 18.1 Å². The van der Waals surface area contributed by atoms with Gasteiger partial charge in [-0.2, -0.15) is 12.6 Å². The van der Waals surface area contributed by atoms with Gasteiger partial charge >= 0.3 is 0 Å². The van der Waals surface area contributed by atoms with Crippen LogP contribution in [0.3, 0.4) is 0 Å². The zero-order valence-electron chi connectivity index (χ0n) is 6.25. The van der Waals surface area contributed by atoms with Crippen molar-refractivity contribution in [1.29, 1.82) is 0 Å². The monoisotopic (exact) mass is 165 g/mol. The largest absolute Gasteiger partial charge is 0.399 e. The molecule has 11 heavy (non-hydrogen) atoms. The molecule has 0 aliphatic heterocycles. The van der Waals surface area contributed by atoms with Crippen LogP contribution in [0.4, 0.5) is 5.69 Å². The highest BCUT2D eigenvalue weighted by molar-refractivity contribution is 7.80. The third-order valence-corrected chi connectivity index (χ3v) is 2.75. The molecule has 1 aromatic carbocycles. The fourth-order valence-corrected chi connectivity index (χ4v) is 2.00. The summed E-state index contributed by atoms with van der Waals surface area (Å²) in [5.41, 5.74) is 9.26. The van der Waals surface area contributed by atoms with Crippen LogP contribution >= 0.6 is 12.6 Å². The first kappa shape index (κ1) is 7.04. The highest BCUT2D eigenvalue weighted by Crippen LogP contribution is 2.36. The SMILES string of the molecule is Nc1ccc2c(c1)CCC2S. The van der Waals surface area contributed by atoms with Crippen LogP contribution in [0, 0.1) is 0 Å². The average Bonchev–Trinajstić information content (AvgIpc) is 2.32. The van der Waals surface area contributed by atoms with Crippen LogP contribution in [-0.4, -0.2) is 0 Å². The molecule has 2 N–H and O–H groups in total. The molecule has 0 heterocycles. The Kier molecular flexibility index (Phi) is 1.57. The van der Waals surface area contributed by atoms with E-state index in [1.807, 2.05) is 6.07 Å². The molecule has 0 saturated heterocycles. The van der Waals surface area contributed by atoms with Gasteiger partial charge in [-0.05, 0) is 36.1 Å². The summed E-state index contributed by atoms with van der Waals surface area (Å²) in [7, 11) is 0. The lowest BCUT2D eigenvalue weighted by atomic mass is 10.1. The van der Waals surface area contributed by atoms with Crippen LogP contribution in [0.5, 0.6) is 0 Å². The number of hydrogen-bond donors (Lipinski definition) is 2. The first-order chi connectivity index (χ1) is 5.27. The number of fused-ring (bicyclic) bond motifs is 1. The van der Waals surface area contributed by atoms with Gasteiger partial charge in [0.05, 0.1) is 0 Å². The summed E-state index contributed by atoms with van der Waals surface area (Å²) in [6.07, 6.45) is 2.29. The van der Waals surface area contributed by atoms with Crippen LogP contribution in [0.25, 0.3) is 0 Å². The van der Waals surface area contributed by atoms with E-state index in [1.54, 1.807) is 0 Å². The Bertz CT molecular complexity index is 283. The second-order valence-electron chi connectivity index (χ2n) is 3.01. The van der Waals surface area contributed by atoms with Crippen molar-refractivity contribution >= 4 is 18.3 Å². The summed E-state index contributed by atoms with van der Waals surface area (Å²) in [5, 5.41) is 0.436. The zero-order chi connectivity index (χ0) is 7.84. The number of hydrogen-bond acceptors (Lipinski definition) is 2. The van der Waals surface area contributed by atoms with Crippen molar-refractivity contribution < 1.29 is 0 Å². The lowest BCUT2D eigenvalue weighted by Crippen LogP contribution is -1.88. The van der Waals surface area contributed by atoms with E-state index in [0.29, 0.717) is 5.25 Å². The number of aryl methyl sites for hydroxylation is 1. The minimum atomic E-state index is 0.436. The Hall–Kier alpha value is -0.630.